The van der Waals surface area contributed by atoms with Gasteiger partial charge >= 0.3 is 0 Å². The summed E-state index contributed by atoms with van der Waals surface area (Å²) in [4.78, 5) is 14.5. The van der Waals surface area contributed by atoms with E-state index in [9.17, 15) is 4.79 Å². The monoisotopic (exact) mass is 340 g/mol. The van der Waals surface area contributed by atoms with Gasteiger partial charge in [-0.3, -0.25) is 4.79 Å². The number of carbonyl (C=O) groups excluding carboxylic acids is 1. The molecule has 4 aliphatic rings. The van der Waals surface area contributed by atoms with Crippen molar-refractivity contribution in [1.29, 1.82) is 0 Å². The van der Waals surface area contributed by atoms with Crippen LogP contribution in [0.1, 0.15) is 70.5 Å². The number of carbonyl (C=O) groups is 1. The van der Waals surface area contributed by atoms with Crippen molar-refractivity contribution >= 4 is 5.91 Å². The number of hydrogen-bond donors (Lipinski definition) is 1. The Morgan fingerprint density at radius 2 is 2.00 bits per heavy atom. The van der Waals surface area contributed by atoms with E-state index in [0.717, 1.165) is 24.3 Å². The highest BCUT2D eigenvalue weighted by molar-refractivity contribution is 5.73. The minimum Gasteiger partial charge on any atom is -0.349 e. The predicted octanol–water partition coefficient (Wildman–Crippen LogP) is 4.04. The van der Waals surface area contributed by atoms with Crippen molar-refractivity contribution in [1.82, 2.24) is 10.2 Å². The second-order valence-corrected chi connectivity index (χ2v) is 9.10. The van der Waals surface area contributed by atoms with Crippen LogP contribution in [-0.2, 0) is 10.2 Å². The molecule has 1 aliphatic heterocycles. The molecule has 1 saturated heterocycles. The Labute approximate surface area is 152 Å². The van der Waals surface area contributed by atoms with Gasteiger partial charge in [0.15, 0.2) is 0 Å². The number of likely N-dealkylation sites (tertiary alicyclic amines) is 1. The van der Waals surface area contributed by atoms with Crippen LogP contribution in [0.3, 0.4) is 0 Å². The second kappa shape index (κ2) is 5.84. The minimum atomic E-state index is 0. The third kappa shape index (κ3) is 2.54. The molecule has 4 atom stereocenters. The molecule has 3 heteroatoms. The summed E-state index contributed by atoms with van der Waals surface area (Å²) in [5.41, 5.74) is 3.17. The summed E-state index contributed by atoms with van der Waals surface area (Å²) in [6.45, 7) is 4.13. The van der Waals surface area contributed by atoms with Crippen LogP contribution in [0.2, 0.25) is 0 Å². The minimum absolute atomic E-state index is 0. The van der Waals surface area contributed by atoms with E-state index in [1.54, 1.807) is 6.92 Å². The molecule has 1 heterocycles. The predicted molar refractivity (Wildman–Crippen MR) is 101 cm³/mol. The molecular weight excluding hydrogens is 308 g/mol. The van der Waals surface area contributed by atoms with Gasteiger partial charge in [-0.15, -0.1) is 0 Å². The van der Waals surface area contributed by atoms with E-state index in [1.807, 2.05) is 0 Å². The Balaban J connectivity index is 0.00000168. The largest absolute Gasteiger partial charge is 0.349 e. The third-order valence-electron chi connectivity index (χ3n) is 7.80. The number of hydrogen-bond acceptors (Lipinski definition) is 2. The standard InChI is InChI=1S/C22H30N2O.H2/c1-15(25)23-20-14-22(19-5-3-2-4-18(19)20)8-10-24(11-9-22)21-13-16-6-7-17(21)12-16;/h2-5,16-17,20-21H,6-14H2,1H3,(H,23,25);1H/t16-,17-,20+,21-;/m1./s1. The summed E-state index contributed by atoms with van der Waals surface area (Å²) in [6, 6.07) is 9.94. The molecule has 0 radical (unpaired) electrons. The van der Waals surface area contributed by atoms with E-state index >= 15 is 0 Å². The fourth-order valence-corrected chi connectivity index (χ4v) is 6.68. The lowest BCUT2D eigenvalue weighted by Gasteiger charge is -2.44. The lowest BCUT2D eigenvalue weighted by molar-refractivity contribution is -0.119. The van der Waals surface area contributed by atoms with Crippen LogP contribution in [0, 0.1) is 11.8 Å². The first-order valence-corrected chi connectivity index (χ1v) is 10.3. The van der Waals surface area contributed by atoms with Crippen LogP contribution < -0.4 is 5.32 Å². The summed E-state index contributed by atoms with van der Waals surface area (Å²) in [5, 5.41) is 3.21. The lowest BCUT2D eigenvalue weighted by atomic mass is 9.73. The molecule has 0 aromatic heterocycles. The number of rotatable bonds is 2. The highest BCUT2D eigenvalue weighted by atomic mass is 16.1. The molecule has 3 fully saturated rings. The molecule has 5 rings (SSSR count). The first-order chi connectivity index (χ1) is 12.1. The van der Waals surface area contributed by atoms with Gasteiger partial charge in [0.1, 0.15) is 0 Å². The maximum atomic E-state index is 11.7. The summed E-state index contributed by atoms with van der Waals surface area (Å²) in [7, 11) is 0. The zero-order valence-electron chi connectivity index (χ0n) is 15.3. The van der Waals surface area contributed by atoms with Gasteiger partial charge in [0, 0.05) is 19.8 Å². The van der Waals surface area contributed by atoms with Gasteiger partial charge in [-0.2, -0.15) is 0 Å². The van der Waals surface area contributed by atoms with Crippen LogP contribution in [0.15, 0.2) is 24.3 Å². The molecule has 1 aromatic rings. The van der Waals surface area contributed by atoms with Crippen molar-refractivity contribution in [3.8, 4) is 0 Å². The number of nitrogens with one attached hydrogen (secondary N) is 1. The Hall–Kier alpha value is -1.35. The first kappa shape index (κ1) is 15.9. The Bertz CT molecular complexity index is 682. The number of fused-ring (bicyclic) bond motifs is 4. The van der Waals surface area contributed by atoms with Crippen LogP contribution in [0.4, 0.5) is 0 Å². The molecule has 1 spiro atoms. The molecule has 136 valence electrons. The molecule has 0 unspecified atom stereocenters. The molecule has 1 N–H and O–H groups in total. The van der Waals surface area contributed by atoms with Gasteiger partial charge in [0.25, 0.3) is 0 Å². The van der Waals surface area contributed by atoms with Crippen molar-refractivity contribution in [3.05, 3.63) is 35.4 Å². The SMILES string of the molecule is CC(=O)N[C@H]1CC2(CCN([C@@H]3C[C@@H]4CC[C@@H]3C4)CC2)c2ccccc21.[HH]. The summed E-state index contributed by atoms with van der Waals surface area (Å²) in [6.07, 6.45) is 9.54. The average molecular weight is 341 g/mol. The first-order valence-electron chi connectivity index (χ1n) is 10.3. The summed E-state index contributed by atoms with van der Waals surface area (Å²) in [5.74, 6) is 2.11. The Morgan fingerprint density at radius 1 is 1.20 bits per heavy atom. The number of nitrogens with zero attached hydrogens (tertiary/aromatic N) is 1. The Morgan fingerprint density at radius 3 is 2.68 bits per heavy atom. The van der Waals surface area contributed by atoms with Crippen molar-refractivity contribution in [2.45, 2.75) is 69.4 Å². The highest BCUT2D eigenvalue weighted by Crippen LogP contribution is 2.53. The third-order valence-corrected chi connectivity index (χ3v) is 7.80. The normalized spacial score (nSPS) is 35.9. The number of piperidine rings is 1. The second-order valence-electron chi connectivity index (χ2n) is 9.10. The molecule has 1 aromatic carbocycles. The topological polar surface area (TPSA) is 32.3 Å². The van der Waals surface area contributed by atoms with Gasteiger partial charge < -0.3 is 10.2 Å². The van der Waals surface area contributed by atoms with E-state index in [2.05, 4.69) is 34.5 Å². The van der Waals surface area contributed by atoms with E-state index in [-0.39, 0.29) is 18.8 Å². The van der Waals surface area contributed by atoms with Crippen molar-refractivity contribution in [2.24, 2.45) is 11.8 Å². The number of amides is 1. The van der Waals surface area contributed by atoms with Crippen LogP contribution in [0.25, 0.3) is 0 Å². The fourth-order valence-electron chi connectivity index (χ4n) is 6.68. The zero-order valence-corrected chi connectivity index (χ0v) is 15.3. The lowest BCUT2D eigenvalue weighted by Crippen LogP contribution is -2.48. The van der Waals surface area contributed by atoms with Gasteiger partial charge in [-0.05, 0) is 74.6 Å². The molecule has 25 heavy (non-hydrogen) atoms. The summed E-state index contributed by atoms with van der Waals surface area (Å²) >= 11 is 0. The van der Waals surface area contributed by atoms with Crippen molar-refractivity contribution in [3.63, 3.8) is 0 Å². The van der Waals surface area contributed by atoms with Gasteiger partial charge in [0.2, 0.25) is 5.91 Å². The van der Waals surface area contributed by atoms with Crippen LogP contribution in [0.5, 0.6) is 0 Å². The van der Waals surface area contributed by atoms with E-state index in [0.29, 0.717) is 0 Å². The van der Waals surface area contributed by atoms with Gasteiger partial charge in [-0.25, -0.2) is 0 Å². The molecule has 3 aliphatic carbocycles. The maximum Gasteiger partial charge on any atom is 0.217 e. The average Bonchev–Trinajstić information content (AvgIpc) is 3.31. The number of benzene rings is 1. The maximum absolute atomic E-state index is 11.7. The van der Waals surface area contributed by atoms with E-state index < -0.39 is 0 Å². The van der Waals surface area contributed by atoms with E-state index in [1.165, 1.54) is 62.7 Å². The van der Waals surface area contributed by atoms with Crippen LogP contribution in [-0.4, -0.2) is 29.9 Å². The van der Waals surface area contributed by atoms with Gasteiger partial charge in [-0.1, -0.05) is 30.7 Å². The van der Waals surface area contributed by atoms with Crippen LogP contribution >= 0.6 is 0 Å². The highest BCUT2D eigenvalue weighted by Gasteiger charge is 2.48. The van der Waals surface area contributed by atoms with Crippen molar-refractivity contribution in [2.75, 3.05) is 13.1 Å². The molecule has 2 bridgehead atoms. The van der Waals surface area contributed by atoms with E-state index in [4.69, 9.17) is 0 Å². The zero-order chi connectivity index (χ0) is 17.0. The molecular formula is C22H32N2O. The summed E-state index contributed by atoms with van der Waals surface area (Å²) < 4.78 is 0. The molecule has 2 saturated carbocycles. The fraction of sp³-hybridized carbons (Fsp3) is 0.682. The smallest absolute Gasteiger partial charge is 0.217 e. The quantitative estimate of drug-likeness (QED) is 0.881. The van der Waals surface area contributed by atoms with Crippen molar-refractivity contribution < 1.29 is 6.22 Å². The molecule has 1 amide bonds. The Kier molecular flexibility index (Phi) is 3.70. The molecule has 3 nitrogen and oxygen atoms in total. The van der Waals surface area contributed by atoms with Gasteiger partial charge in [0.05, 0.1) is 6.04 Å².